The summed E-state index contributed by atoms with van der Waals surface area (Å²) in [6.07, 6.45) is 3.67. The molecule has 2 amide bonds. The number of nitrogens with zero attached hydrogens (tertiary/aromatic N) is 1. The molecule has 3 aromatic carbocycles. The van der Waals surface area contributed by atoms with Crippen molar-refractivity contribution in [2.24, 2.45) is 5.73 Å². The molecule has 8 heteroatoms. The molecule has 2 heterocycles. The van der Waals surface area contributed by atoms with Gasteiger partial charge >= 0.3 is 0 Å². The predicted molar refractivity (Wildman–Crippen MR) is 174 cm³/mol. The Morgan fingerprint density at radius 2 is 1.73 bits per heavy atom. The Bertz CT molecular complexity index is 1360. The van der Waals surface area contributed by atoms with Crippen molar-refractivity contribution in [1.82, 2.24) is 20.9 Å². The van der Waals surface area contributed by atoms with Crippen molar-refractivity contribution in [1.29, 1.82) is 0 Å². The maximum Gasteiger partial charge on any atom is 0.239 e. The first-order valence-electron chi connectivity index (χ1n) is 16.0. The number of phenols is 1. The van der Waals surface area contributed by atoms with Crippen molar-refractivity contribution in [3.8, 4) is 5.75 Å². The summed E-state index contributed by atoms with van der Waals surface area (Å²) in [6.45, 7) is 6.34. The number of aromatic hydroxyl groups is 1. The molecular formula is C36H47N5O3. The van der Waals surface area contributed by atoms with Gasteiger partial charge in [0, 0.05) is 37.1 Å². The quantitative estimate of drug-likeness (QED) is 0.215. The van der Waals surface area contributed by atoms with Crippen LogP contribution in [0.15, 0.2) is 78.9 Å². The van der Waals surface area contributed by atoms with Crippen LogP contribution in [-0.2, 0) is 21.5 Å². The van der Waals surface area contributed by atoms with Gasteiger partial charge in [-0.3, -0.25) is 14.9 Å². The van der Waals surface area contributed by atoms with Gasteiger partial charge in [0.25, 0.3) is 0 Å². The summed E-state index contributed by atoms with van der Waals surface area (Å²) in [7, 11) is 0. The number of carbonyl (C=O) groups is 2. The molecule has 1 saturated heterocycles. The van der Waals surface area contributed by atoms with Crippen LogP contribution < -0.4 is 21.7 Å². The summed E-state index contributed by atoms with van der Waals surface area (Å²) in [5.41, 5.74) is 9.82. The van der Waals surface area contributed by atoms with Crippen LogP contribution >= 0.6 is 0 Å². The Labute approximate surface area is 261 Å². The van der Waals surface area contributed by atoms with Gasteiger partial charge in [-0.1, -0.05) is 73.2 Å². The first-order chi connectivity index (χ1) is 21.2. The first kappa shape index (κ1) is 31.7. The smallest absolute Gasteiger partial charge is 0.239 e. The van der Waals surface area contributed by atoms with E-state index in [1.165, 1.54) is 11.1 Å². The molecule has 8 nitrogen and oxygen atoms in total. The molecule has 3 aromatic rings. The number of carbonyl (C=O) groups excluding carboxylic acids is 2. The van der Waals surface area contributed by atoms with Gasteiger partial charge < -0.3 is 26.4 Å². The molecule has 0 radical (unpaired) electrons. The zero-order chi connectivity index (χ0) is 31.1. The second kappa shape index (κ2) is 14.4. The summed E-state index contributed by atoms with van der Waals surface area (Å²) in [5, 5.41) is 20.3. The number of nitrogens with one attached hydrogen (secondary N) is 3. The Balaban J connectivity index is 1.28. The number of nitrogens with two attached hydrogens (primary N) is 1. The fourth-order valence-corrected chi connectivity index (χ4v) is 6.77. The molecule has 0 aromatic heterocycles. The molecular weight excluding hydrogens is 550 g/mol. The number of amides is 2. The van der Waals surface area contributed by atoms with Crippen molar-refractivity contribution in [3.63, 3.8) is 0 Å². The average molecular weight is 598 g/mol. The van der Waals surface area contributed by atoms with Crippen LogP contribution in [0.1, 0.15) is 67.7 Å². The summed E-state index contributed by atoms with van der Waals surface area (Å²) in [4.78, 5) is 29.4. The Kier molecular flexibility index (Phi) is 10.4. The molecule has 5 rings (SSSR count). The lowest BCUT2D eigenvalue weighted by Gasteiger charge is -2.38. The van der Waals surface area contributed by atoms with Gasteiger partial charge in [0.05, 0.1) is 12.1 Å². The molecule has 44 heavy (non-hydrogen) atoms. The Morgan fingerprint density at radius 3 is 2.39 bits per heavy atom. The molecule has 3 atom stereocenters. The fraction of sp³-hybridized carbons (Fsp3) is 0.444. The highest BCUT2D eigenvalue weighted by Gasteiger charge is 2.36. The first-order valence-corrected chi connectivity index (χ1v) is 16.0. The fourth-order valence-electron chi connectivity index (χ4n) is 6.77. The average Bonchev–Trinajstić information content (AvgIpc) is 3.17. The highest BCUT2D eigenvalue weighted by Crippen LogP contribution is 2.32. The monoisotopic (exact) mass is 597 g/mol. The summed E-state index contributed by atoms with van der Waals surface area (Å²) in [6, 6.07) is 25.4. The van der Waals surface area contributed by atoms with E-state index in [1.54, 1.807) is 12.1 Å². The molecule has 0 spiro atoms. The zero-order valence-corrected chi connectivity index (χ0v) is 26.0. The van der Waals surface area contributed by atoms with Crippen LogP contribution in [0.4, 0.5) is 0 Å². The number of unbranched alkanes of at least 4 members (excludes halogenated alkanes) is 1. The van der Waals surface area contributed by atoms with Crippen LogP contribution in [-0.4, -0.2) is 66.1 Å². The topological polar surface area (TPSA) is 120 Å². The van der Waals surface area contributed by atoms with Gasteiger partial charge in [0.1, 0.15) is 5.75 Å². The lowest BCUT2D eigenvalue weighted by molar-refractivity contribution is -0.133. The van der Waals surface area contributed by atoms with E-state index in [1.807, 2.05) is 23.1 Å². The van der Waals surface area contributed by atoms with Gasteiger partial charge in [-0.05, 0) is 80.5 Å². The Hall–Kier alpha value is -3.72. The third kappa shape index (κ3) is 7.67. The molecule has 0 saturated carbocycles. The molecule has 0 aliphatic carbocycles. The number of hydrogen-bond donors (Lipinski definition) is 5. The lowest BCUT2D eigenvalue weighted by Crippen LogP contribution is -2.57. The van der Waals surface area contributed by atoms with Crippen LogP contribution in [0.3, 0.4) is 0 Å². The highest BCUT2D eigenvalue weighted by atomic mass is 16.3. The number of hydrogen-bond acceptors (Lipinski definition) is 6. The van der Waals surface area contributed by atoms with Gasteiger partial charge in [-0.25, -0.2) is 0 Å². The van der Waals surface area contributed by atoms with E-state index in [-0.39, 0.29) is 35.6 Å². The van der Waals surface area contributed by atoms with Crippen molar-refractivity contribution in [3.05, 3.63) is 101 Å². The molecule has 2 aliphatic heterocycles. The third-order valence-electron chi connectivity index (χ3n) is 9.11. The number of rotatable bonds is 11. The van der Waals surface area contributed by atoms with Crippen molar-refractivity contribution < 1.29 is 14.7 Å². The van der Waals surface area contributed by atoms with E-state index in [9.17, 15) is 14.7 Å². The minimum atomic E-state index is -0.416. The van der Waals surface area contributed by atoms with E-state index in [0.29, 0.717) is 39.0 Å². The molecule has 0 bridgehead atoms. The van der Waals surface area contributed by atoms with Gasteiger partial charge in [-0.15, -0.1) is 0 Å². The van der Waals surface area contributed by atoms with Crippen LogP contribution in [0.25, 0.3) is 0 Å². The van der Waals surface area contributed by atoms with E-state index >= 15 is 0 Å². The number of phenolic OH excluding ortho intramolecular Hbond substituents is 1. The summed E-state index contributed by atoms with van der Waals surface area (Å²) < 4.78 is 0. The maximum atomic E-state index is 14.0. The third-order valence-corrected chi connectivity index (χ3v) is 9.11. The van der Waals surface area contributed by atoms with Crippen molar-refractivity contribution in [2.45, 2.75) is 75.5 Å². The van der Waals surface area contributed by atoms with Crippen LogP contribution in [0.5, 0.6) is 5.75 Å². The minimum absolute atomic E-state index is 0.0457. The zero-order valence-electron chi connectivity index (χ0n) is 26.0. The highest BCUT2D eigenvalue weighted by molar-refractivity contribution is 5.83. The van der Waals surface area contributed by atoms with Crippen LogP contribution in [0, 0.1) is 0 Å². The molecule has 234 valence electrons. The second-order valence-corrected chi connectivity index (χ2v) is 12.8. The van der Waals surface area contributed by atoms with E-state index in [0.717, 1.165) is 30.4 Å². The van der Waals surface area contributed by atoms with Gasteiger partial charge in [-0.2, -0.15) is 0 Å². The normalized spacial score (nSPS) is 21.5. The molecule has 1 fully saturated rings. The Morgan fingerprint density at radius 1 is 1.05 bits per heavy atom. The molecule has 0 unspecified atom stereocenters. The van der Waals surface area contributed by atoms with Crippen molar-refractivity contribution >= 4 is 11.8 Å². The van der Waals surface area contributed by atoms with E-state index < -0.39 is 11.6 Å². The minimum Gasteiger partial charge on any atom is -0.508 e. The summed E-state index contributed by atoms with van der Waals surface area (Å²) in [5.74, 6) is 0.305. The van der Waals surface area contributed by atoms with Gasteiger partial charge in [0.15, 0.2) is 0 Å². The maximum absolute atomic E-state index is 14.0. The predicted octanol–water partition coefficient (Wildman–Crippen LogP) is 3.78. The number of benzene rings is 3. The lowest BCUT2D eigenvalue weighted by atomic mass is 9.82. The van der Waals surface area contributed by atoms with Crippen LogP contribution in [0.2, 0.25) is 0 Å². The largest absolute Gasteiger partial charge is 0.508 e. The SMILES string of the molecule is CC1(C)N[C@@H](C(=O)NC[C@@H]2CCN(CC(c3ccccc3)c3ccccc3)C(=O)[C@H](CCCCN)N2)Cc2cc(O)ccc21. The molecule has 2 aliphatic rings. The second-order valence-electron chi connectivity index (χ2n) is 12.8. The van der Waals surface area contributed by atoms with Gasteiger partial charge in [0.2, 0.25) is 11.8 Å². The standard InChI is InChI=1S/C36H47N5O3/c1-36(2)31-17-16-29(42)21-27(31)22-33(40-36)34(43)38-23-28-18-20-41(35(44)32(39-28)15-9-10-19-37)24-30(25-11-5-3-6-12-25)26-13-7-4-8-14-26/h3-8,11-14,16-17,21,28,30,32-33,39-40,42H,9-10,15,18-20,22-24,37H2,1-2H3,(H,38,43)/t28-,32-,33+/m0/s1. The van der Waals surface area contributed by atoms with Crippen molar-refractivity contribution in [2.75, 3.05) is 26.2 Å². The van der Waals surface area contributed by atoms with E-state index in [2.05, 4.69) is 78.3 Å². The van der Waals surface area contributed by atoms with E-state index in [4.69, 9.17) is 5.73 Å². The molecule has 6 N–H and O–H groups in total. The number of fused-ring (bicyclic) bond motifs is 1. The summed E-state index contributed by atoms with van der Waals surface area (Å²) >= 11 is 0.